The highest BCUT2D eigenvalue weighted by molar-refractivity contribution is 6.39. The van der Waals surface area contributed by atoms with Gasteiger partial charge in [0.1, 0.15) is 11.6 Å². The number of para-hydroxylation sites is 1. The largest absolute Gasteiger partial charge is 0.494 e. The second kappa shape index (κ2) is 9.17. The van der Waals surface area contributed by atoms with Gasteiger partial charge in [0.25, 0.3) is 0 Å². The zero-order valence-corrected chi connectivity index (χ0v) is 13.7. The van der Waals surface area contributed by atoms with Crippen LogP contribution in [0.3, 0.4) is 0 Å². The monoisotopic (exact) mass is 343 g/mol. The first kappa shape index (κ1) is 18.1. The highest BCUT2D eigenvalue weighted by Crippen LogP contribution is 2.12. The van der Waals surface area contributed by atoms with Crippen LogP contribution in [0.25, 0.3) is 0 Å². The molecule has 130 valence electrons. The molecule has 0 bridgehead atoms. The van der Waals surface area contributed by atoms with Crippen molar-refractivity contribution in [3.8, 4) is 5.75 Å². The number of carbonyl (C=O) groups excluding carboxylic acids is 2. The Kier molecular flexibility index (Phi) is 6.65. The van der Waals surface area contributed by atoms with E-state index in [1.807, 2.05) is 6.92 Å². The van der Waals surface area contributed by atoms with Crippen molar-refractivity contribution in [1.29, 1.82) is 0 Å². The number of nitrogens with one attached hydrogen (secondary N) is 2. The van der Waals surface area contributed by atoms with Crippen molar-refractivity contribution in [2.75, 3.05) is 11.9 Å². The minimum Gasteiger partial charge on any atom is -0.494 e. The normalized spacial score (nSPS) is 10.5. The van der Waals surface area contributed by atoms with Gasteiger partial charge in [-0.2, -0.15) is 5.10 Å². The predicted molar refractivity (Wildman–Crippen MR) is 93.0 cm³/mol. The van der Waals surface area contributed by atoms with Crippen LogP contribution in [0.2, 0.25) is 0 Å². The lowest BCUT2D eigenvalue weighted by atomic mass is 10.2. The molecule has 0 aliphatic heterocycles. The van der Waals surface area contributed by atoms with E-state index in [2.05, 4.69) is 15.8 Å². The summed E-state index contributed by atoms with van der Waals surface area (Å²) >= 11 is 0. The van der Waals surface area contributed by atoms with Crippen molar-refractivity contribution >= 4 is 23.7 Å². The van der Waals surface area contributed by atoms with Gasteiger partial charge >= 0.3 is 11.8 Å². The Labute approximate surface area is 144 Å². The number of nitrogens with zero attached hydrogens (tertiary/aromatic N) is 1. The quantitative estimate of drug-likeness (QED) is 0.481. The van der Waals surface area contributed by atoms with Crippen LogP contribution < -0.4 is 15.5 Å². The highest BCUT2D eigenvalue weighted by atomic mass is 19.1. The topological polar surface area (TPSA) is 79.8 Å². The summed E-state index contributed by atoms with van der Waals surface area (Å²) in [6.45, 7) is 2.66. The second-order valence-corrected chi connectivity index (χ2v) is 5.05. The molecule has 0 spiro atoms. The Morgan fingerprint density at radius 3 is 2.52 bits per heavy atom. The fourth-order valence-corrected chi connectivity index (χ4v) is 1.83. The van der Waals surface area contributed by atoms with Crippen molar-refractivity contribution in [2.24, 2.45) is 5.10 Å². The summed E-state index contributed by atoms with van der Waals surface area (Å²) < 4.78 is 18.9. The van der Waals surface area contributed by atoms with Crippen LogP contribution in [0.15, 0.2) is 53.6 Å². The second-order valence-electron chi connectivity index (χ2n) is 5.05. The van der Waals surface area contributed by atoms with Crippen LogP contribution in [-0.2, 0) is 9.59 Å². The van der Waals surface area contributed by atoms with Crippen LogP contribution in [0.5, 0.6) is 5.75 Å². The standard InChI is InChI=1S/C18H18FN3O3/c1-2-11-25-14-9-7-13(8-10-14)12-20-22-18(24)17(23)21-16-6-4-3-5-15(16)19/h3-10,12H,2,11H2,1H3,(H,21,23)(H,22,24)/b20-12-. The molecular formula is C18H18FN3O3. The Balaban J connectivity index is 1.85. The van der Waals surface area contributed by atoms with E-state index in [1.54, 1.807) is 30.3 Å². The molecule has 6 nitrogen and oxygen atoms in total. The summed E-state index contributed by atoms with van der Waals surface area (Å²) in [5, 5.41) is 5.87. The van der Waals surface area contributed by atoms with Crippen LogP contribution in [-0.4, -0.2) is 24.6 Å². The first-order valence-electron chi connectivity index (χ1n) is 7.72. The molecule has 0 saturated heterocycles. The molecule has 0 unspecified atom stereocenters. The maximum atomic E-state index is 13.4. The Morgan fingerprint density at radius 1 is 1.12 bits per heavy atom. The van der Waals surface area contributed by atoms with Crippen LogP contribution in [0.1, 0.15) is 18.9 Å². The number of anilines is 1. The van der Waals surface area contributed by atoms with Gasteiger partial charge < -0.3 is 10.1 Å². The Bertz CT molecular complexity index is 760. The average Bonchev–Trinajstić information content (AvgIpc) is 2.62. The van der Waals surface area contributed by atoms with Gasteiger partial charge in [-0.15, -0.1) is 0 Å². The number of hydrogen-bond acceptors (Lipinski definition) is 4. The van der Waals surface area contributed by atoms with E-state index in [4.69, 9.17) is 4.74 Å². The molecule has 0 saturated carbocycles. The third-order valence-corrected chi connectivity index (χ3v) is 3.06. The molecule has 0 atom stereocenters. The number of halogens is 1. The summed E-state index contributed by atoms with van der Waals surface area (Å²) in [5.41, 5.74) is 2.73. The first-order valence-corrected chi connectivity index (χ1v) is 7.72. The molecule has 0 aliphatic rings. The smallest absolute Gasteiger partial charge is 0.329 e. The molecule has 0 aliphatic carbocycles. The van der Waals surface area contributed by atoms with Gasteiger partial charge in [0.2, 0.25) is 0 Å². The molecule has 0 aromatic heterocycles. The fourth-order valence-electron chi connectivity index (χ4n) is 1.83. The number of amides is 2. The minimum absolute atomic E-state index is 0.0747. The number of hydrazone groups is 1. The third kappa shape index (κ3) is 5.72. The third-order valence-electron chi connectivity index (χ3n) is 3.06. The van der Waals surface area contributed by atoms with Crippen molar-refractivity contribution in [3.63, 3.8) is 0 Å². The zero-order chi connectivity index (χ0) is 18.1. The van der Waals surface area contributed by atoms with Crippen LogP contribution in [0, 0.1) is 5.82 Å². The number of hydrogen-bond donors (Lipinski definition) is 2. The van der Waals surface area contributed by atoms with E-state index in [9.17, 15) is 14.0 Å². The van der Waals surface area contributed by atoms with E-state index in [0.717, 1.165) is 17.7 Å². The molecule has 2 amide bonds. The zero-order valence-electron chi connectivity index (χ0n) is 13.7. The van der Waals surface area contributed by atoms with E-state index in [1.165, 1.54) is 24.4 Å². The lowest BCUT2D eigenvalue weighted by molar-refractivity contribution is -0.136. The number of benzene rings is 2. The first-order chi connectivity index (χ1) is 12.1. The molecule has 0 radical (unpaired) electrons. The van der Waals surface area contributed by atoms with Crippen LogP contribution in [0.4, 0.5) is 10.1 Å². The SMILES string of the molecule is CCCOc1ccc(/C=N\NC(=O)C(=O)Nc2ccccc2F)cc1. The van der Waals surface area contributed by atoms with Gasteiger partial charge in [-0.25, -0.2) is 9.82 Å². The average molecular weight is 343 g/mol. The predicted octanol–water partition coefficient (Wildman–Crippen LogP) is 2.70. The fraction of sp³-hybridized carbons (Fsp3) is 0.167. The maximum absolute atomic E-state index is 13.4. The minimum atomic E-state index is -1.01. The van der Waals surface area contributed by atoms with Gasteiger partial charge in [0.15, 0.2) is 0 Å². The van der Waals surface area contributed by atoms with E-state index in [0.29, 0.717) is 6.61 Å². The van der Waals surface area contributed by atoms with Gasteiger partial charge in [-0.05, 0) is 48.4 Å². The van der Waals surface area contributed by atoms with Crippen molar-refractivity contribution in [2.45, 2.75) is 13.3 Å². The molecule has 2 aromatic rings. The summed E-state index contributed by atoms with van der Waals surface area (Å²) in [6.07, 6.45) is 2.31. The highest BCUT2D eigenvalue weighted by Gasteiger charge is 2.14. The summed E-state index contributed by atoms with van der Waals surface area (Å²) in [4.78, 5) is 23.3. The summed E-state index contributed by atoms with van der Waals surface area (Å²) in [6, 6.07) is 12.6. The van der Waals surface area contributed by atoms with Gasteiger partial charge in [0, 0.05) is 0 Å². The number of carbonyl (C=O) groups is 2. The van der Waals surface area contributed by atoms with Gasteiger partial charge in [0.05, 0.1) is 18.5 Å². The number of rotatable bonds is 6. The van der Waals surface area contributed by atoms with Gasteiger partial charge in [-0.1, -0.05) is 19.1 Å². The van der Waals surface area contributed by atoms with Crippen molar-refractivity contribution in [3.05, 3.63) is 59.9 Å². The molecule has 0 fully saturated rings. The summed E-state index contributed by atoms with van der Waals surface area (Å²) in [5.74, 6) is -1.89. The van der Waals surface area contributed by atoms with Crippen molar-refractivity contribution in [1.82, 2.24) is 5.43 Å². The number of ether oxygens (including phenoxy) is 1. The lowest BCUT2D eigenvalue weighted by Gasteiger charge is -2.05. The van der Waals surface area contributed by atoms with Crippen molar-refractivity contribution < 1.29 is 18.7 Å². The molecule has 25 heavy (non-hydrogen) atoms. The Hall–Kier alpha value is -3.22. The van der Waals surface area contributed by atoms with E-state index in [-0.39, 0.29) is 5.69 Å². The molecule has 0 heterocycles. The van der Waals surface area contributed by atoms with Gasteiger partial charge in [-0.3, -0.25) is 9.59 Å². The molecule has 2 N–H and O–H groups in total. The Morgan fingerprint density at radius 2 is 1.84 bits per heavy atom. The summed E-state index contributed by atoms with van der Waals surface area (Å²) in [7, 11) is 0. The van der Waals surface area contributed by atoms with Crippen LogP contribution >= 0.6 is 0 Å². The maximum Gasteiger partial charge on any atom is 0.329 e. The molecule has 2 aromatic carbocycles. The molecular weight excluding hydrogens is 325 g/mol. The molecule has 7 heteroatoms. The van der Waals surface area contributed by atoms with E-state index >= 15 is 0 Å². The lowest BCUT2D eigenvalue weighted by Crippen LogP contribution is -2.32. The van der Waals surface area contributed by atoms with E-state index < -0.39 is 17.6 Å². The molecule has 2 rings (SSSR count).